The Hall–Kier alpha value is 0.0900. The molecule has 82 valence electrons. The molecule has 0 fully saturated rings. The molecular weight excluding hydrogens is 252 g/mol. The summed E-state index contributed by atoms with van der Waals surface area (Å²) in [4.78, 5) is 0. The second-order valence-corrected chi connectivity index (χ2v) is 2.92. The van der Waals surface area contributed by atoms with Crippen LogP contribution >= 0.6 is 23.2 Å². The summed E-state index contributed by atoms with van der Waals surface area (Å²) in [6.45, 7) is 0.620. The Morgan fingerprint density at radius 3 is 0.846 bits per heavy atom. The Labute approximate surface area is 78.6 Å². The second-order valence-electron chi connectivity index (χ2n) is 1.78. The molecule has 0 aliphatic carbocycles. The Morgan fingerprint density at radius 1 is 0.769 bits per heavy atom. The molecule has 0 saturated carbocycles. The Morgan fingerprint density at radius 2 is 0.846 bits per heavy atom. The van der Waals surface area contributed by atoms with Crippen LogP contribution in [-0.4, -0.2) is 16.9 Å². The molecule has 0 heterocycles. The van der Waals surface area contributed by atoms with Gasteiger partial charge in [0.15, 0.2) is 0 Å². The number of hydrogen-bond acceptors (Lipinski definition) is 0. The maximum atomic E-state index is 10.9. The van der Waals surface area contributed by atoms with Gasteiger partial charge in [-0.15, -0.1) is 0 Å². The summed E-state index contributed by atoms with van der Waals surface area (Å²) in [5, 5.41) is -8.12. The molecule has 0 aromatic carbocycles. The van der Waals surface area contributed by atoms with Crippen LogP contribution in [0.25, 0.3) is 0 Å². The molecule has 0 spiro atoms. The van der Waals surface area contributed by atoms with Crippen LogP contribution in [0.3, 0.4) is 0 Å². The zero-order valence-electron chi connectivity index (χ0n) is 5.90. The van der Waals surface area contributed by atoms with Crippen molar-refractivity contribution in [3.63, 3.8) is 0 Å². The highest BCUT2D eigenvalue weighted by molar-refractivity contribution is 6.22. The van der Waals surface area contributed by atoms with Crippen molar-refractivity contribution in [2.45, 2.75) is 23.9 Å². The Kier molecular flexibility index (Phi) is 5.44. The molecule has 0 amide bonds. The molecule has 0 aliphatic heterocycles. The van der Waals surface area contributed by atoms with Gasteiger partial charge in [0, 0.05) is 6.92 Å². The van der Waals surface area contributed by atoms with Gasteiger partial charge in [0.05, 0.1) is 0 Å². The van der Waals surface area contributed by atoms with E-state index in [9.17, 15) is 30.7 Å². The van der Waals surface area contributed by atoms with Gasteiger partial charge < -0.3 is 0 Å². The number of rotatable bonds is 0. The fourth-order valence-electron chi connectivity index (χ4n) is 0. The minimum absolute atomic E-state index is 0.620. The molecule has 0 nitrogen and oxygen atoms in total. The topological polar surface area (TPSA) is 0 Å². The average molecular weight is 255 g/mol. The minimum Gasteiger partial charge on any atom is -0.189 e. The monoisotopic (exact) mass is 254 g/mol. The third-order valence-corrected chi connectivity index (χ3v) is 0.536. The van der Waals surface area contributed by atoms with Gasteiger partial charge in [0.2, 0.25) is 0 Å². The number of halogens is 9. The van der Waals surface area contributed by atoms with Gasteiger partial charge in [-0.3, -0.25) is 0 Å². The zero-order valence-corrected chi connectivity index (χ0v) is 7.41. The van der Waals surface area contributed by atoms with Crippen molar-refractivity contribution in [2.24, 2.45) is 0 Å². The highest BCUT2D eigenvalue weighted by Crippen LogP contribution is 2.38. The highest BCUT2D eigenvalue weighted by atomic mass is 35.5. The average Bonchev–Trinajstić information content (AvgIpc) is 1.50. The van der Waals surface area contributed by atoms with Crippen molar-refractivity contribution < 1.29 is 30.7 Å². The molecule has 0 bridgehead atoms. The Bertz CT molecular complexity index is 122. The SMILES string of the molecule is CC(F)(F)Cl.FC(F)(F)C(F)(F)Cl. The lowest BCUT2D eigenvalue weighted by Gasteiger charge is -2.10. The molecular formula is C4H3Cl2F7. The van der Waals surface area contributed by atoms with E-state index < -0.39 is 16.9 Å². The first kappa shape index (κ1) is 15.6. The van der Waals surface area contributed by atoms with Crippen molar-refractivity contribution in [3.05, 3.63) is 0 Å². The van der Waals surface area contributed by atoms with Crippen molar-refractivity contribution in [2.75, 3.05) is 0 Å². The molecule has 0 radical (unpaired) electrons. The molecule has 0 aliphatic rings. The minimum atomic E-state index is -5.63. The first-order chi connectivity index (χ1) is 5.25. The lowest BCUT2D eigenvalue weighted by molar-refractivity contribution is -0.241. The van der Waals surface area contributed by atoms with Gasteiger partial charge in [0.1, 0.15) is 0 Å². The molecule has 0 rings (SSSR count). The van der Waals surface area contributed by atoms with Crippen LogP contribution in [-0.2, 0) is 0 Å². The van der Waals surface area contributed by atoms with E-state index in [2.05, 4.69) is 23.2 Å². The lowest BCUT2D eigenvalue weighted by atomic mass is 10.7. The van der Waals surface area contributed by atoms with Gasteiger partial charge in [-0.05, 0) is 23.2 Å². The smallest absolute Gasteiger partial charge is 0.189 e. The van der Waals surface area contributed by atoms with Gasteiger partial charge >= 0.3 is 16.9 Å². The van der Waals surface area contributed by atoms with E-state index in [-0.39, 0.29) is 0 Å². The number of hydrogen-bond donors (Lipinski definition) is 0. The normalized spacial score (nSPS) is 13.4. The van der Waals surface area contributed by atoms with E-state index in [4.69, 9.17) is 0 Å². The Balaban J connectivity index is 0. The first-order valence-corrected chi connectivity index (χ1v) is 3.21. The predicted molar refractivity (Wildman–Crippen MR) is 33.3 cm³/mol. The summed E-state index contributed by atoms with van der Waals surface area (Å²) in [6, 6.07) is 0. The van der Waals surface area contributed by atoms with E-state index in [0.29, 0.717) is 6.92 Å². The maximum Gasteiger partial charge on any atom is 0.469 e. The molecule has 0 N–H and O–H groups in total. The van der Waals surface area contributed by atoms with Crippen LogP contribution in [0.4, 0.5) is 30.7 Å². The largest absolute Gasteiger partial charge is 0.469 e. The summed E-state index contributed by atoms with van der Waals surface area (Å²) in [5.41, 5.74) is 0. The third-order valence-electron chi connectivity index (χ3n) is 0.321. The first-order valence-electron chi connectivity index (χ1n) is 2.45. The van der Waals surface area contributed by atoms with Crippen molar-refractivity contribution in [1.29, 1.82) is 0 Å². The summed E-state index contributed by atoms with van der Waals surface area (Å²) in [5.74, 6) is 0. The van der Waals surface area contributed by atoms with Gasteiger partial charge in [-0.1, -0.05) is 0 Å². The maximum absolute atomic E-state index is 10.9. The van der Waals surface area contributed by atoms with Crippen LogP contribution < -0.4 is 0 Å². The van der Waals surface area contributed by atoms with Crippen molar-refractivity contribution >= 4 is 23.2 Å². The van der Waals surface area contributed by atoms with Crippen LogP contribution in [0.1, 0.15) is 6.92 Å². The van der Waals surface area contributed by atoms with Crippen molar-refractivity contribution in [1.82, 2.24) is 0 Å². The van der Waals surface area contributed by atoms with Crippen LogP contribution in [0.15, 0.2) is 0 Å². The molecule has 0 unspecified atom stereocenters. The standard InChI is InChI=1S/C2ClF5.C2H3ClF2/c3-1(4,5)2(6,7)8;1-2(3,4)5/h;1H3. The van der Waals surface area contributed by atoms with Crippen LogP contribution in [0, 0.1) is 0 Å². The van der Waals surface area contributed by atoms with Crippen LogP contribution in [0.5, 0.6) is 0 Å². The van der Waals surface area contributed by atoms with E-state index >= 15 is 0 Å². The molecule has 0 aromatic heterocycles. The second kappa shape index (κ2) is 4.54. The summed E-state index contributed by atoms with van der Waals surface area (Å²) in [7, 11) is 0. The van der Waals surface area contributed by atoms with E-state index in [1.54, 1.807) is 0 Å². The molecule has 0 saturated heterocycles. The van der Waals surface area contributed by atoms with E-state index in [1.165, 1.54) is 0 Å². The van der Waals surface area contributed by atoms with E-state index in [1.807, 2.05) is 0 Å². The fourth-order valence-corrected chi connectivity index (χ4v) is 0. The van der Waals surface area contributed by atoms with Crippen molar-refractivity contribution in [3.8, 4) is 0 Å². The summed E-state index contributed by atoms with van der Waals surface area (Å²) >= 11 is 7.75. The van der Waals surface area contributed by atoms with Gasteiger partial charge in [0.25, 0.3) is 0 Å². The number of alkyl halides is 9. The third kappa shape index (κ3) is 14.9. The van der Waals surface area contributed by atoms with Gasteiger partial charge in [-0.2, -0.15) is 30.7 Å². The lowest BCUT2D eigenvalue weighted by Crippen LogP contribution is -2.29. The summed E-state index contributed by atoms with van der Waals surface area (Å²) in [6.07, 6.45) is -5.63. The van der Waals surface area contributed by atoms with Crippen LogP contribution in [0.2, 0.25) is 0 Å². The molecule has 0 atom stereocenters. The molecule has 0 aromatic rings. The quantitative estimate of drug-likeness (QED) is 0.449. The van der Waals surface area contributed by atoms with Gasteiger partial charge in [-0.25, -0.2) is 0 Å². The molecule has 9 heteroatoms. The highest BCUT2D eigenvalue weighted by Gasteiger charge is 2.56. The predicted octanol–water partition coefficient (Wildman–Crippen LogP) is 4.22. The summed E-state index contributed by atoms with van der Waals surface area (Å²) < 4.78 is 75.4. The zero-order chi connectivity index (χ0) is 11.5. The molecule has 13 heavy (non-hydrogen) atoms. The van der Waals surface area contributed by atoms with E-state index in [0.717, 1.165) is 0 Å². The fraction of sp³-hybridized carbons (Fsp3) is 1.00.